The molecule has 0 radical (unpaired) electrons. The minimum atomic E-state index is -0.316. The zero-order valence-corrected chi connectivity index (χ0v) is 16.9. The molecule has 5 nitrogen and oxygen atoms in total. The lowest BCUT2D eigenvalue weighted by molar-refractivity contribution is 0.559. The standard InChI is InChI=1S/C23H20N2O3S/c1-14-5-6-21-24-18(10-22(26)25(21)11-14)13-29-12-17-9-23(27)28-20-8-16-4-2-3-15(16)7-19(17)20/h5-11H,2-4,12-13H2,1H3. The first-order chi connectivity index (χ1) is 14.1. The number of aryl methyl sites for hydroxylation is 3. The van der Waals surface area contributed by atoms with E-state index in [4.69, 9.17) is 4.42 Å². The molecule has 1 aromatic carbocycles. The molecule has 0 aliphatic heterocycles. The van der Waals surface area contributed by atoms with Gasteiger partial charge in [-0.15, -0.1) is 0 Å². The Morgan fingerprint density at radius 3 is 2.76 bits per heavy atom. The van der Waals surface area contributed by atoms with E-state index in [1.54, 1.807) is 34.5 Å². The Labute approximate surface area is 171 Å². The van der Waals surface area contributed by atoms with Gasteiger partial charge in [-0.1, -0.05) is 6.07 Å². The molecule has 0 atom stereocenters. The van der Waals surface area contributed by atoms with Crippen LogP contribution in [0, 0.1) is 6.92 Å². The average Bonchev–Trinajstić information content (AvgIpc) is 3.14. The average molecular weight is 404 g/mol. The Morgan fingerprint density at radius 1 is 1.07 bits per heavy atom. The van der Waals surface area contributed by atoms with Gasteiger partial charge in [0.25, 0.3) is 5.56 Å². The van der Waals surface area contributed by atoms with Gasteiger partial charge < -0.3 is 4.42 Å². The molecule has 0 N–H and O–H groups in total. The van der Waals surface area contributed by atoms with Gasteiger partial charge >= 0.3 is 5.63 Å². The zero-order chi connectivity index (χ0) is 20.0. The maximum absolute atomic E-state index is 12.4. The maximum Gasteiger partial charge on any atom is 0.336 e. The van der Waals surface area contributed by atoms with Gasteiger partial charge in [-0.2, -0.15) is 11.8 Å². The van der Waals surface area contributed by atoms with Gasteiger partial charge in [-0.3, -0.25) is 9.20 Å². The van der Waals surface area contributed by atoms with Crippen LogP contribution in [0.15, 0.2) is 56.6 Å². The van der Waals surface area contributed by atoms with Crippen LogP contribution < -0.4 is 11.2 Å². The van der Waals surface area contributed by atoms with E-state index in [1.165, 1.54) is 11.1 Å². The molecule has 6 heteroatoms. The quantitative estimate of drug-likeness (QED) is 0.481. The summed E-state index contributed by atoms with van der Waals surface area (Å²) in [7, 11) is 0. The molecule has 0 saturated carbocycles. The molecule has 3 aromatic heterocycles. The van der Waals surface area contributed by atoms with E-state index >= 15 is 0 Å². The van der Waals surface area contributed by atoms with Gasteiger partial charge in [0.15, 0.2) is 0 Å². The summed E-state index contributed by atoms with van der Waals surface area (Å²) in [4.78, 5) is 29.0. The van der Waals surface area contributed by atoms with Gasteiger partial charge in [0, 0.05) is 35.2 Å². The van der Waals surface area contributed by atoms with Crippen molar-refractivity contribution >= 4 is 28.4 Å². The highest BCUT2D eigenvalue weighted by Crippen LogP contribution is 2.30. The van der Waals surface area contributed by atoms with Crippen molar-refractivity contribution < 1.29 is 4.42 Å². The van der Waals surface area contributed by atoms with Crippen molar-refractivity contribution in [3.8, 4) is 0 Å². The van der Waals surface area contributed by atoms with Gasteiger partial charge in [-0.25, -0.2) is 9.78 Å². The third-order valence-corrected chi connectivity index (χ3v) is 6.43. The molecule has 0 amide bonds. The van der Waals surface area contributed by atoms with Gasteiger partial charge in [-0.05, 0) is 66.6 Å². The Bertz CT molecular complexity index is 1370. The van der Waals surface area contributed by atoms with Crippen LogP contribution >= 0.6 is 11.8 Å². The maximum atomic E-state index is 12.4. The van der Waals surface area contributed by atoms with E-state index in [9.17, 15) is 9.59 Å². The minimum absolute atomic E-state index is 0.0735. The molecule has 146 valence electrons. The molecule has 0 fully saturated rings. The van der Waals surface area contributed by atoms with E-state index in [1.807, 2.05) is 25.1 Å². The van der Waals surface area contributed by atoms with E-state index < -0.39 is 0 Å². The van der Waals surface area contributed by atoms with Crippen molar-refractivity contribution in [2.45, 2.75) is 37.7 Å². The van der Waals surface area contributed by atoms with E-state index in [-0.39, 0.29) is 11.2 Å². The number of rotatable bonds is 4. The van der Waals surface area contributed by atoms with Crippen molar-refractivity contribution in [2.24, 2.45) is 0 Å². The number of aromatic nitrogens is 2. The van der Waals surface area contributed by atoms with Crippen molar-refractivity contribution in [1.29, 1.82) is 0 Å². The van der Waals surface area contributed by atoms with Gasteiger partial charge in [0.05, 0.1) is 5.69 Å². The second-order valence-corrected chi connectivity index (χ2v) is 8.56. The first kappa shape index (κ1) is 18.2. The molecule has 0 unspecified atom stereocenters. The second-order valence-electron chi connectivity index (χ2n) is 7.57. The molecule has 29 heavy (non-hydrogen) atoms. The molecule has 1 aliphatic rings. The number of pyridine rings is 1. The summed E-state index contributed by atoms with van der Waals surface area (Å²) in [6.45, 7) is 1.95. The van der Waals surface area contributed by atoms with Crippen molar-refractivity contribution in [2.75, 3.05) is 0 Å². The summed E-state index contributed by atoms with van der Waals surface area (Å²) in [5.74, 6) is 1.27. The minimum Gasteiger partial charge on any atom is -0.423 e. The van der Waals surface area contributed by atoms with Crippen LogP contribution in [-0.4, -0.2) is 9.38 Å². The van der Waals surface area contributed by atoms with Crippen molar-refractivity contribution in [3.63, 3.8) is 0 Å². The normalized spacial score (nSPS) is 13.3. The topological polar surface area (TPSA) is 64.6 Å². The summed E-state index contributed by atoms with van der Waals surface area (Å²) in [6.07, 6.45) is 5.09. The summed E-state index contributed by atoms with van der Waals surface area (Å²) in [5.41, 5.74) is 6.33. The number of nitrogens with zero attached hydrogens (tertiary/aromatic N) is 2. The molecule has 0 bridgehead atoms. The van der Waals surface area contributed by atoms with Crippen LogP contribution in [0.2, 0.25) is 0 Å². The fraction of sp³-hybridized carbons (Fsp3) is 0.261. The number of benzene rings is 1. The lowest BCUT2D eigenvalue weighted by Crippen LogP contribution is -2.15. The predicted octanol–water partition coefficient (Wildman–Crippen LogP) is 4.03. The molecular weight excluding hydrogens is 384 g/mol. The van der Waals surface area contributed by atoms with Crippen LogP contribution in [-0.2, 0) is 24.3 Å². The predicted molar refractivity (Wildman–Crippen MR) is 116 cm³/mol. The Kier molecular flexibility index (Phi) is 4.51. The Balaban J connectivity index is 1.41. The molecule has 0 spiro atoms. The number of hydrogen-bond donors (Lipinski definition) is 0. The molecule has 0 saturated heterocycles. The highest BCUT2D eigenvalue weighted by atomic mass is 32.2. The zero-order valence-electron chi connectivity index (χ0n) is 16.1. The van der Waals surface area contributed by atoms with Crippen molar-refractivity contribution in [3.05, 3.63) is 91.3 Å². The van der Waals surface area contributed by atoms with Gasteiger partial charge in [0.2, 0.25) is 0 Å². The number of hydrogen-bond acceptors (Lipinski definition) is 5. The first-order valence-corrected chi connectivity index (χ1v) is 10.9. The lowest BCUT2D eigenvalue weighted by atomic mass is 10.0. The molecular formula is C23H20N2O3S. The van der Waals surface area contributed by atoms with E-state index in [0.29, 0.717) is 22.7 Å². The third kappa shape index (κ3) is 3.49. The SMILES string of the molecule is Cc1ccc2nc(CSCc3cc(=O)oc4cc5c(cc34)CCC5)cc(=O)n2c1. The van der Waals surface area contributed by atoms with Crippen LogP contribution in [0.1, 0.15) is 34.4 Å². The summed E-state index contributed by atoms with van der Waals surface area (Å²) in [5, 5.41) is 1.01. The van der Waals surface area contributed by atoms with Crippen molar-refractivity contribution in [1.82, 2.24) is 9.38 Å². The summed E-state index contributed by atoms with van der Waals surface area (Å²) in [6, 6.07) is 11.2. The highest BCUT2D eigenvalue weighted by molar-refractivity contribution is 7.97. The van der Waals surface area contributed by atoms with Crippen LogP contribution in [0.4, 0.5) is 0 Å². The Morgan fingerprint density at radius 2 is 1.90 bits per heavy atom. The van der Waals surface area contributed by atoms with Gasteiger partial charge in [0.1, 0.15) is 11.2 Å². The summed E-state index contributed by atoms with van der Waals surface area (Å²) >= 11 is 1.65. The largest absolute Gasteiger partial charge is 0.423 e. The lowest BCUT2D eigenvalue weighted by Gasteiger charge is -2.08. The monoisotopic (exact) mass is 404 g/mol. The molecule has 3 heterocycles. The fourth-order valence-electron chi connectivity index (χ4n) is 4.01. The van der Waals surface area contributed by atoms with Crippen LogP contribution in [0.5, 0.6) is 0 Å². The highest BCUT2D eigenvalue weighted by Gasteiger charge is 2.15. The number of thioether (sulfide) groups is 1. The van der Waals surface area contributed by atoms with Crippen LogP contribution in [0.25, 0.3) is 16.6 Å². The second kappa shape index (κ2) is 7.19. The summed E-state index contributed by atoms with van der Waals surface area (Å²) < 4.78 is 7.01. The smallest absolute Gasteiger partial charge is 0.336 e. The van der Waals surface area contributed by atoms with Crippen LogP contribution in [0.3, 0.4) is 0 Å². The Hall–Kier alpha value is -2.86. The molecule has 5 rings (SSSR count). The molecule has 4 aromatic rings. The third-order valence-electron chi connectivity index (χ3n) is 5.41. The fourth-order valence-corrected chi connectivity index (χ4v) is 4.93. The van der Waals surface area contributed by atoms with E-state index in [0.717, 1.165) is 41.5 Å². The van der Waals surface area contributed by atoms with E-state index in [2.05, 4.69) is 11.1 Å². The first-order valence-electron chi connectivity index (χ1n) is 9.72. The number of fused-ring (bicyclic) bond motifs is 3. The molecule has 1 aliphatic carbocycles.